The van der Waals surface area contributed by atoms with E-state index in [2.05, 4.69) is 10.4 Å². The Hall–Kier alpha value is -1.30. The smallest absolute Gasteiger partial charge is 0.123 e. The van der Waals surface area contributed by atoms with Crippen molar-refractivity contribution in [2.24, 2.45) is 5.84 Å². The Morgan fingerprint density at radius 3 is 2.94 bits per heavy atom. The minimum atomic E-state index is -0.253. The summed E-state index contributed by atoms with van der Waals surface area (Å²) in [6.07, 6.45) is 0.657. The number of rotatable bonds is 4. The molecule has 1 aromatic carbocycles. The lowest BCUT2D eigenvalue weighted by atomic mass is 10.0. The Balaban J connectivity index is 2.16. The zero-order valence-corrected chi connectivity index (χ0v) is 10.3. The molecule has 0 fully saturated rings. The maximum Gasteiger partial charge on any atom is 0.123 e. The number of nitrogens with one attached hydrogen (secondary N) is 1. The Morgan fingerprint density at radius 2 is 2.35 bits per heavy atom. The summed E-state index contributed by atoms with van der Waals surface area (Å²) in [6, 6.07) is 6.33. The number of halogens is 1. The number of aryl methyl sites for hydroxylation is 1. The van der Waals surface area contributed by atoms with Crippen LogP contribution in [0.5, 0.6) is 0 Å². The van der Waals surface area contributed by atoms with Crippen molar-refractivity contribution >= 4 is 11.3 Å². The minimum absolute atomic E-state index is 0.118. The van der Waals surface area contributed by atoms with Crippen LogP contribution in [0.25, 0.3) is 0 Å². The molecule has 5 heteroatoms. The second-order valence-corrected chi connectivity index (χ2v) is 4.90. The van der Waals surface area contributed by atoms with Crippen LogP contribution in [0.1, 0.15) is 22.3 Å². The lowest BCUT2D eigenvalue weighted by molar-refractivity contribution is 0.540. The molecule has 17 heavy (non-hydrogen) atoms. The van der Waals surface area contributed by atoms with Gasteiger partial charge in [0.2, 0.25) is 0 Å². The van der Waals surface area contributed by atoms with Crippen molar-refractivity contribution in [2.75, 3.05) is 0 Å². The number of hydrazine groups is 1. The molecule has 0 radical (unpaired) electrons. The third kappa shape index (κ3) is 3.09. The average Bonchev–Trinajstić information content (AvgIpc) is 2.72. The summed E-state index contributed by atoms with van der Waals surface area (Å²) in [7, 11) is 0. The second kappa shape index (κ2) is 5.35. The van der Waals surface area contributed by atoms with Crippen molar-refractivity contribution in [3.63, 3.8) is 0 Å². The van der Waals surface area contributed by atoms with Gasteiger partial charge in [-0.1, -0.05) is 12.1 Å². The third-order valence-electron chi connectivity index (χ3n) is 2.53. The van der Waals surface area contributed by atoms with E-state index < -0.39 is 0 Å². The highest BCUT2D eigenvalue weighted by molar-refractivity contribution is 7.09. The van der Waals surface area contributed by atoms with Crippen LogP contribution in [0, 0.1) is 12.7 Å². The van der Waals surface area contributed by atoms with Gasteiger partial charge in [-0.15, -0.1) is 11.3 Å². The van der Waals surface area contributed by atoms with Gasteiger partial charge in [-0.2, -0.15) is 0 Å². The van der Waals surface area contributed by atoms with E-state index in [1.807, 2.05) is 18.4 Å². The molecule has 1 atom stereocenters. The Bertz CT molecular complexity index is 498. The van der Waals surface area contributed by atoms with Crippen molar-refractivity contribution < 1.29 is 4.39 Å². The van der Waals surface area contributed by atoms with E-state index in [0.29, 0.717) is 6.42 Å². The lowest BCUT2D eigenvalue weighted by Crippen LogP contribution is -2.29. The highest BCUT2D eigenvalue weighted by Crippen LogP contribution is 2.19. The molecule has 3 nitrogen and oxygen atoms in total. The van der Waals surface area contributed by atoms with E-state index in [0.717, 1.165) is 16.3 Å². The van der Waals surface area contributed by atoms with Gasteiger partial charge in [0.05, 0.1) is 16.7 Å². The highest BCUT2D eigenvalue weighted by atomic mass is 32.1. The first-order valence-corrected chi connectivity index (χ1v) is 6.19. The number of benzene rings is 1. The molecule has 90 valence electrons. The molecule has 0 bridgehead atoms. The number of hydrogen-bond donors (Lipinski definition) is 2. The molecular formula is C12H14FN3S. The summed E-state index contributed by atoms with van der Waals surface area (Å²) in [4.78, 5) is 4.38. The van der Waals surface area contributed by atoms with E-state index in [-0.39, 0.29) is 11.9 Å². The molecule has 1 unspecified atom stereocenters. The third-order valence-corrected chi connectivity index (χ3v) is 3.35. The van der Waals surface area contributed by atoms with Crippen LogP contribution in [0.4, 0.5) is 4.39 Å². The van der Waals surface area contributed by atoms with Crippen LogP contribution < -0.4 is 11.3 Å². The van der Waals surface area contributed by atoms with Gasteiger partial charge in [-0.05, 0) is 24.6 Å². The van der Waals surface area contributed by atoms with Gasteiger partial charge in [0.25, 0.3) is 0 Å². The topological polar surface area (TPSA) is 50.9 Å². The van der Waals surface area contributed by atoms with Gasteiger partial charge < -0.3 is 0 Å². The fourth-order valence-electron chi connectivity index (χ4n) is 1.71. The van der Waals surface area contributed by atoms with E-state index in [1.165, 1.54) is 12.1 Å². The predicted octanol–water partition coefficient (Wildman–Crippen LogP) is 2.34. The largest absolute Gasteiger partial charge is 0.271 e. The molecule has 0 aliphatic rings. The molecule has 2 rings (SSSR count). The first-order valence-electron chi connectivity index (χ1n) is 5.31. The van der Waals surface area contributed by atoms with Crippen LogP contribution in [0.3, 0.4) is 0 Å². The fourth-order valence-corrected chi connectivity index (χ4v) is 2.33. The monoisotopic (exact) mass is 251 g/mol. The van der Waals surface area contributed by atoms with Crippen molar-refractivity contribution in [1.82, 2.24) is 10.4 Å². The quantitative estimate of drug-likeness (QED) is 0.648. The summed E-state index contributed by atoms with van der Waals surface area (Å²) < 4.78 is 13.1. The maximum absolute atomic E-state index is 13.1. The normalized spacial score (nSPS) is 12.6. The Labute approximate surface area is 103 Å². The summed E-state index contributed by atoms with van der Waals surface area (Å²) in [6.45, 7) is 1.96. The van der Waals surface area contributed by atoms with Crippen LogP contribution >= 0.6 is 11.3 Å². The first kappa shape index (κ1) is 12.2. The standard InChI is InChI=1S/C12H14FN3S/c1-8-15-11(7-17-8)6-12(16-14)9-3-2-4-10(13)5-9/h2-5,7,12,16H,6,14H2,1H3. The molecule has 2 aromatic rings. The van der Waals surface area contributed by atoms with Crippen molar-refractivity contribution in [3.8, 4) is 0 Å². The van der Waals surface area contributed by atoms with E-state index >= 15 is 0 Å². The van der Waals surface area contributed by atoms with Crippen LogP contribution in [-0.4, -0.2) is 4.98 Å². The fraction of sp³-hybridized carbons (Fsp3) is 0.250. The Kier molecular flexibility index (Phi) is 3.83. The molecule has 1 aromatic heterocycles. The van der Waals surface area contributed by atoms with Crippen LogP contribution in [-0.2, 0) is 6.42 Å². The van der Waals surface area contributed by atoms with Gasteiger partial charge in [0.1, 0.15) is 5.82 Å². The van der Waals surface area contributed by atoms with E-state index in [1.54, 1.807) is 17.4 Å². The molecule has 0 aliphatic carbocycles. The summed E-state index contributed by atoms with van der Waals surface area (Å²) in [5.41, 5.74) is 4.50. The zero-order chi connectivity index (χ0) is 12.3. The van der Waals surface area contributed by atoms with Crippen molar-refractivity contribution in [1.29, 1.82) is 0 Å². The molecule has 0 amide bonds. The molecule has 0 spiro atoms. The van der Waals surface area contributed by atoms with Gasteiger partial charge in [-0.3, -0.25) is 11.3 Å². The maximum atomic E-state index is 13.1. The number of hydrogen-bond acceptors (Lipinski definition) is 4. The Morgan fingerprint density at radius 1 is 1.53 bits per heavy atom. The van der Waals surface area contributed by atoms with Crippen molar-refractivity contribution in [3.05, 3.63) is 51.7 Å². The van der Waals surface area contributed by atoms with Gasteiger partial charge in [0, 0.05) is 11.8 Å². The summed E-state index contributed by atoms with van der Waals surface area (Å²) in [5.74, 6) is 5.26. The molecule has 0 saturated heterocycles. The molecule has 0 saturated carbocycles. The number of nitrogens with two attached hydrogens (primary N) is 1. The number of thiazole rings is 1. The minimum Gasteiger partial charge on any atom is -0.271 e. The van der Waals surface area contributed by atoms with E-state index in [4.69, 9.17) is 5.84 Å². The molecule has 1 heterocycles. The molecule has 0 aliphatic heterocycles. The second-order valence-electron chi connectivity index (χ2n) is 3.84. The van der Waals surface area contributed by atoms with Gasteiger partial charge >= 0.3 is 0 Å². The average molecular weight is 251 g/mol. The summed E-state index contributed by atoms with van der Waals surface area (Å²) in [5, 5.41) is 3.02. The zero-order valence-electron chi connectivity index (χ0n) is 9.48. The predicted molar refractivity (Wildman–Crippen MR) is 67.0 cm³/mol. The molecule has 3 N–H and O–H groups in total. The van der Waals surface area contributed by atoms with E-state index in [9.17, 15) is 4.39 Å². The summed E-state index contributed by atoms with van der Waals surface area (Å²) >= 11 is 1.60. The lowest BCUT2D eigenvalue weighted by Gasteiger charge is -2.15. The first-order chi connectivity index (χ1) is 8.19. The van der Waals surface area contributed by atoms with Gasteiger partial charge in [0.15, 0.2) is 0 Å². The molecular weight excluding hydrogens is 237 g/mol. The number of aromatic nitrogens is 1. The van der Waals surface area contributed by atoms with Crippen LogP contribution in [0.15, 0.2) is 29.6 Å². The number of nitrogens with zero attached hydrogens (tertiary/aromatic N) is 1. The van der Waals surface area contributed by atoms with Crippen molar-refractivity contribution in [2.45, 2.75) is 19.4 Å². The van der Waals surface area contributed by atoms with Crippen LogP contribution in [0.2, 0.25) is 0 Å². The van der Waals surface area contributed by atoms with Gasteiger partial charge in [-0.25, -0.2) is 9.37 Å². The SMILES string of the molecule is Cc1nc(CC(NN)c2cccc(F)c2)cs1. The highest BCUT2D eigenvalue weighted by Gasteiger charge is 2.12.